The van der Waals surface area contributed by atoms with Crippen molar-refractivity contribution in [2.75, 3.05) is 39.3 Å². The number of likely N-dealkylation sites (tertiary alicyclic amines) is 1. The van der Waals surface area contributed by atoms with Crippen molar-refractivity contribution in [1.82, 2.24) is 20.9 Å². The lowest BCUT2D eigenvalue weighted by molar-refractivity contribution is -0.122. The Bertz CT molecular complexity index is 567. The summed E-state index contributed by atoms with van der Waals surface area (Å²) in [4.78, 5) is 18.9. The summed E-state index contributed by atoms with van der Waals surface area (Å²) in [6.07, 6.45) is 3.05. The van der Waals surface area contributed by atoms with Crippen LogP contribution in [0.1, 0.15) is 51.5 Å². The maximum atomic E-state index is 11.9. The zero-order valence-corrected chi connectivity index (χ0v) is 17.8. The van der Waals surface area contributed by atoms with Crippen LogP contribution < -0.4 is 16.0 Å². The Balaban J connectivity index is 1.76. The third-order valence-electron chi connectivity index (χ3n) is 4.85. The summed E-state index contributed by atoms with van der Waals surface area (Å²) in [5, 5.41) is 14.2. The van der Waals surface area contributed by atoms with E-state index < -0.39 is 0 Å². The van der Waals surface area contributed by atoms with Crippen LogP contribution in [0.3, 0.4) is 0 Å². The molecular formula is C20H35N5OS. The normalized spacial score (nSPS) is 17.5. The van der Waals surface area contributed by atoms with E-state index in [0.29, 0.717) is 18.5 Å². The van der Waals surface area contributed by atoms with Crippen LogP contribution in [0.15, 0.2) is 21.8 Å². The SMILES string of the molecule is CCCNC(=O)CN1CCC(NC(=NCC(C)c2ccsc2)NCC)CC1. The van der Waals surface area contributed by atoms with Crippen LogP contribution in [0.2, 0.25) is 0 Å². The standard InChI is InChI=1S/C20H35N5OS/c1-4-9-22-19(26)14-25-10-6-18(7-11-25)24-20(21-5-2)23-13-16(3)17-8-12-27-15-17/h8,12,15-16,18H,4-7,9-11,13-14H2,1-3H3,(H,22,26)(H2,21,23,24). The average Bonchev–Trinajstić information content (AvgIpc) is 3.21. The maximum Gasteiger partial charge on any atom is 0.234 e. The van der Waals surface area contributed by atoms with E-state index in [-0.39, 0.29) is 5.91 Å². The lowest BCUT2D eigenvalue weighted by Gasteiger charge is -2.32. The molecule has 152 valence electrons. The highest BCUT2D eigenvalue weighted by molar-refractivity contribution is 7.07. The van der Waals surface area contributed by atoms with E-state index in [1.807, 2.05) is 0 Å². The van der Waals surface area contributed by atoms with Crippen LogP contribution in [0.4, 0.5) is 0 Å². The minimum Gasteiger partial charge on any atom is -0.357 e. The van der Waals surface area contributed by atoms with Crippen LogP contribution in [-0.4, -0.2) is 62.1 Å². The average molecular weight is 394 g/mol. The van der Waals surface area contributed by atoms with Crippen LogP contribution in [-0.2, 0) is 4.79 Å². The summed E-state index contributed by atoms with van der Waals surface area (Å²) in [6.45, 7) is 11.2. The van der Waals surface area contributed by atoms with Gasteiger partial charge in [-0.05, 0) is 48.6 Å². The Morgan fingerprint density at radius 3 is 2.74 bits per heavy atom. The van der Waals surface area contributed by atoms with Crippen LogP contribution >= 0.6 is 11.3 Å². The summed E-state index contributed by atoms with van der Waals surface area (Å²) in [7, 11) is 0. The van der Waals surface area contributed by atoms with Gasteiger partial charge in [-0.3, -0.25) is 14.7 Å². The van der Waals surface area contributed by atoms with Crippen molar-refractivity contribution >= 4 is 23.2 Å². The van der Waals surface area contributed by atoms with Crippen molar-refractivity contribution in [3.05, 3.63) is 22.4 Å². The summed E-state index contributed by atoms with van der Waals surface area (Å²) in [5.41, 5.74) is 1.36. The van der Waals surface area contributed by atoms with Crippen LogP contribution in [0.5, 0.6) is 0 Å². The molecule has 1 unspecified atom stereocenters. The molecule has 0 spiro atoms. The molecule has 3 N–H and O–H groups in total. The van der Waals surface area contributed by atoms with Gasteiger partial charge in [-0.1, -0.05) is 13.8 Å². The number of carbonyl (C=O) groups is 1. The molecule has 0 radical (unpaired) electrons. The van der Waals surface area contributed by atoms with Crippen LogP contribution in [0.25, 0.3) is 0 Å². The Labute approximate surface area is 167 Å². The van der Waals surface area contributed by atoms with Gasteiger partial charge in [0, 0.05) is 44.7 Å². The Hall–Kier alpha value is -1.60. The predicted molar refractivity (Wildman–Crippen MR) is 115 cm³/mol. The molecule has 1 aromatic rings. The van der Waals surface area contributed by atoms with Crippen LogP contribution in [0, 0.1) is 0 Å². The van der Waals surface area contributed by atoms with Gasteiger partial charge in [0.1, 0.15) is 0 Å². The summed E-state index contributed by atoms with van der Waals surface area (Å²) in [6, 6.07) is 2.59. The van der Waals surface area contributed by atoms with Gasteiger partial charge in [-0.25, -0.2) is 0 Å². The predicted octanol–water partition coefficient (Wildman–Crippen LogP) is 2.40. The lowest BCUT2D eigenvalue weighted by atomic mass is 10.0. The molecule has 27 heavy (non-hydrogen) atoms. The number of hydrogen-bond donors (Lipinski definition) is 3. The Kier molecular flexibility index (Phi) is 9.62. The second-order valence-electron chi connectivity index (χ2n) is 7.22. The second-order valence-corrected chi connectivity index (χ2v) is 8.00. The van der Waals surface area contributed by atoms with E-state index >= 15 is 0 Å². The van der Waals surface area contributed by atoms with Crippen molar-refractivity contribution in [3.63, 3.8) is 0 Å². The van der Waals surface area contributed by atoms with Crippen molar-refractivity contribution in [2.45, 2.75) is 52.0 Å². The van der Waals surface area contributed by atoms with E-state index in [0.717, 1.165) is 57.9 Å². The first-order valence-electron chi connectivity index (χ1n) is 10.2. The van der Waals surface area contributed by atoms with E-state index in [4.69, 9.17) is 4.99 Å². The number of carbonyl (C=O) groups excluding carboxylic acids is 1. The largest absolute Gasteiger partial charge is 0.357 e. The highest BCUT2D eigenvalue weighted by Gasteiger charge is 2.21. The second kappa shape index (κ2) is 12.0. The number of nitrogens with zero attached hydrogens (tertiary/aromatic N) is 2. The highest BCUT2D eigenvalue weighted by atomic mass is 32.1. The number of rotatable bonds is 9. The quantitative estimate of drug-likeness (QED) is 0.445. The molecule has 0 saturated carbocycles. The number of piperidine rings is 1. The lowest BCUT2D eigenvalue weighted by Crippen LogP contribution is -2.50. The number of amides is 1. The molecule has 0 aromatic carbocycles. The monoisotopic (exact) mass is 393 g/mol. The van der Waals surface area contributed by atoms with Crippen molar-refractivity contribution < 1.29 is 4.79 Å². The number of guanidine groups is 1. The summed E-state index contributed by atoms with van der Waals surface area (Å²) >= 11 is 1.74. The number of thiophene rings is 1. The third-order valence-corrected chi connectivity index (χ3v) is 5.55. The van der Waals surface area contributed by atoms with Gasteiger partial charge in [0.25, 0.3) is 0 Å². The van der Waals surface area contributed by atoms with Gasteiger partial charge in [0.15, 0.2) is 5.96 Å². The molecule has 7 heteroatoms. The molecule has 1 aromatic heterocycles. The molecule has 1 amide bonds. The van der Waals surface area contributed by atoms with E-state index in [2.05, 4.69) is 58.4 Å². The maximum absolute atomic E-state index is 11.9. The molecular weight excluding hydrogens is 358 g/mol. The Morgan fingerprint density at radius 1 is 1.33 bits per heavy atom. The topological polar surface area (TPSA) is 68.8 Å². The third kappa shape index (κ3) is 7.89. The van der Waals surface area contributed by atoms with Gasteiger partial charge in [-0.2, -0.15) is 11.3 Å². The van der Waals surface area contributed by atoms with Gasteiger partial charge in [-0.15, -0.1) is 0 Å². The first kappa shape index (κ1) is 21.7. The van der Waals surface area contributed by atoms with Gasteiger partial charge < -0.3 is 16.0 Å². The summed E-state index contributed by atoms with van der Waals surface area (Å²) < 4.78 is 0. The minimum absolute atomic E-state index is 0.139. The van der Waals surface area contributed by atoms with Gasteiger partial charge in [0.05, 0.1) is 6.54 Å². The van der Waals surface area contributed by atoms with E-state index in [9.17, 15) is 4.79 Å². The Morgan fingerprint density at radius 2 is 2.11 bits per heavy atom. The molecule has 6 nitrogen and oxygen atoms in total. The first-order chi connectivity index (χ1) is 13.1. The molecule has 0 aliphatic carbocycles. The molecule has 0 bridgehead atoms. The molecule has 2 rings (SSSR count). The number of nitrogens with one attached hydrogen (secondary N) is 3. The number of hydrogen-bond acceptors (Lipinski definition) is 4. The molecule has 2 heterocycles. The molecule has 1 saturated heterocycles. The highest BCUT2D eigenvalue weighted by Crippen LogP contribution is 2.18. The van der Waals surface area contributed by atoms with Gasteiger partial charge in [0.2, 0.25) is 5.91 Å². The molecule has 1 atom stereocenters. The fourth-order valence-electron chi connectivity index (χ4n) is 3.16. The molecule has 1 aliphatic rings. The zero-order chi connectivity index (χ0) is 19.5. The fraction of sp³-hybridized carbons (Fsp3) is 0.700. The minimum atomic E-state index is 0.139. The molecule has 1 aliphatic heterocycles. The van der Waals surface area contributed by atoms with E-state index in [1.165, 1.54) is 5.56 Å². The zero-order valence-electron chi connectivity index (χ0n) is 17.0. The number of aliphatic imine (C=N–C) groups is 1. The smallest absolute Gasteiger partial charge is 0.234 e. The van der Waals surface area contributed by atoms with Gasteiger partial charge >= 0.3 is 0 Å². The van der Waals surface area contributed by atoms with E-state index in [1.54, 1.807) is 11.3 Å². The van der Waals surface area contributed by atoms with Crippen molar-refractivity contribution in [3.8, 4) is 0 Å². The first-order valence-corrected chi connectivity index (χ1v) is 11.1. The fourth-order valence-corrected chi connectivity index (χ4v) is 3.94. The molecule has 1 fully saturated rings. The van der Waals surface area contributed by atoms with Crippen molar-refractivity contribution in [2.24, 2.45) is 4.99 Å². The summed E-state index contributed by atoms with van der Waals surface area (Å²) in [5.74, 6) is 1.47. The van der Waals surface area contributed by atoms with Crippen molar-refractivity contribution in [1.29, 1.82) is 0 Å².